The lowest BCUT2D eigenvalue weighted by atomic mass is 10.2. The molecule has 0 radical (unpaired) electrons. The number of hydrogen-bond acceptors (Lipinski definition) is 3. The van der Waals surface area contributed by atoms with E-state index in [2.05, 4.69) is 16.9 Å². The summed E-state index contributed by atoms with van der Waals surface area (Å²) in [4.78, 5) is 8.67. The molecule has 2 aromatic rings. The van der Waals surface area contributed by atoms with Gasteiger partial charge in [-0.1, -0.05) is 36.9 Å². The fourth-order valence-electron chi connectivity index (χ4n) is 1.15. The standard InChI is InChI=1S/C10H10N2S/c1-2-13-10-11-7-8-5-3-4-6-9(8)12-10/h3-7H,2H2,1H3. The van der Waals surface area contributed by atoms with Crippen LogP contribution >= 0.6 is 11.8 Å². The second-order valence-corrected chi connectivity index (χ2v) is 3.88. The van der Waals surface area contributed by atoms with Crippen LogP contribution in [0.25, 0.3) is 10.9 Å². The molecule has 1 heterocycles. The molecule has 1 aromatic heterocycles. The van der Waals surface area contributed by atoms with Gasteiger partial charge in [-0.05, 0) is 11.8 Å². The van der Waals surface area contributed by atoms with E-state index in [1.807, 2.05) is 30.5 Å². The van der Waals surface area contributed by atoms with Crippen LogP contribution in [0.15, 0.2) is 35.6 Å². The maximum Gasteiger partial charge on any atom is 0.188 e. The quantitative estimate of drug-likeness (QED) is 0.538. The number of fused-ring (bicyclic) bond motifs is 1. The van der Waals surface area contributed by atoms with Gasteiger partial charge in [-0.15, -0.1) is 0 Å². The van der Waals surface area contributed by atoms with Crippen LogP contribution in [0.3, 0.4) is 0 Å². The molecular formula is C10H10N2S. The van der Waals surface area contributed by atoms with Crippen LogP contribution < -0.4 is 0 Å². The van der Waals surface area contributed by atoms with Crippen molar-refractivity contribution in [2.75, 3.05) is 5.75 Å². The summed E-state index contributed by atoms with van der Waals surface area (Å²) in [7, 11) is 0. The van der Waals surface area contributed by atoms with Gasteiger partial charge in [0.1, 0.15) is 0 Å². The summed E-state index contributed by atoms with van der Waals surface area (Å²) in [6.45, 7) is 2.10. The number of para-hydroxylation sites is 1. The van der Waals surface area contributed by atoms with E-state index in [1.165, 1.54) is 0 Å². The minimum atomic E-state index is 0.862. The highest BCUT2D eigenvalue weighted by molar-refractivity contribution is 7.99. The molecule has 0 unspecified atom stereocenters. The highest BCUT2D eigenvalue weighted by atomic mass is 32.2. The summed E-state index contributed by atoms with van der Waals surface area (Å²) in [5, 5.41) is 1.96. The average molecular weight is 190 g/mol. The Bertz CT molecular complexity index is 414. The number of rotatable bonds is 2. The van der Waals surface area contributed by atoms with Gasteiger partial charge in [-0.3, -0.25) is 0 Å². The van der Waals surface area contributed by atoms with Gasteiger partial charge in [-0.2, -0.15) is 0 Å². The average Bonchev–Trinajstić information content (AvgIpc) is 2.18. The van der Waals surface area contributed by atoms with E-state index in [0.717, 1.165) is 21.8 Å². The third kappa shape index (κ3) is 1.80. The van der Waals surface area contributed by atoms with Crippen molar-refractivity contribution in [3.63, 3.8) is 0 Å². The molecule has 0 spiro atoms. The number of benzene rings is 1. The normalized spacial score (nSPS) is 10.5. The first-order chi connectivity index (χ1) is 6.40. The second kappa shape index (κ2) is 3.75. The van der Waals surface area contributed by atoms with Crippen molar-refractivity contribution < 1.29 is 0 Å². The molecule has 2 rings (SSSR count). The molecule has 0 fully saturated rings. The summed E-state index contributed by atoms with van der Waals surface area (Å²) >= 11 is 1.67. The fourth-order valence-corrected chi connectivity index (χ4v) is 1.70. The summed E-state index contributed by atoms with van der Waals surface area (Å²) in [6, 6.07) is 8.03. The Balaban J connectivity index is 2.49. The Morgan fingerprint density at radius 3 is 3.00 bits per heavy atom. The van der Waals surface area contributed by atoms with Crippen molar-refractivity contribution in [3.05, 3.63) is 30.5 Å². The van der Waals surface area contributed by atoms with Gasteiger partial charge >= 0.3 is 0 Å². The van der Waals surface area contributed by atoms with Crippen LogP contribution in [0.2, 0.25) is 0 Å². The summed E-state index contributed by atoms with van der Waals surface area (Å²) < 4.78 is 0. The number of nitrogens with zero attached hydrogens (tertiary/aromatic N) is 2. The molecule has 1 aromatic carbocycles. The van der Waals surface area contributed by atoms with Gasteiger partial charge in [0.2, 0.25) is 0 Å². The van der Waals surface area contributed by atoms with Crippen LogP contribution in [-0.2, 0) is 0 Å². The monoisotopic (exact) mass is 190 g/mol. The van der Waals surface area contributed by atoms with E-state index in [-0.39, 0.29) is 0 Å². The zero-order valence-corrected chi connectivity index (χ0v) is 8.21. The molecule has 0 amide bonds. The second-order valence-electron chi connectivity index (χ2n) is 2.64. The van der Waals surface area contributed by atoms with Gasteiger partial charge in [0.05, 0.1) is 5.52 Å². The maximum absolute atomic E-state index is 4.42. The highest BCUT2D eigenvalue weighted by Crippen LogP contribution is 2.16. The molecular weight excluding hydrogens is 180 g/mol. The van der Waals surface area contributed by atoms with E-state index in [9.17, 15) is 0 Å². The van der Waals surface area contributed by atoms with Crippen molar-refractivity contribution in [1.82, 2.24) is 9.97 Å². The molecule has 0 N–H and O–H groups in total. The largest absolute Gasteiger partial charge is 0.230 e. The van der Waals surface area contributed by atoms with Gasteiger partial charge in [0, 0.05) is 11.6 Å². The van der Waals surface area contributed by atoms with Crippen molar-refractivity contribution in [3.8, 4) is 0 Å². The van der Waals surface area contributed by atoms with Crippen molar-refractivity contribution in [2.45, 2.75) is 12.1 Å². The van der Waals surface area contributed by atoms with E-state index in [0.29, 0.717) is 0 Å². The molecule has 0 saturated carbocycles. The lowest BCUT2D eigenvalue weighted by Crippen LogP contribution is -1.86. The lowest BCUT2D eigenvalue weighted by molar-refractivity contribution is 1.00. The molecule has 0 aliphatic carbocycles. The predicted octanol–water partition coefficient (Wildman–Crippen LogP) is 2.74. The Morgan fingerprint density at radius 2 is 2.15 bits per heavy atom. The highest BCUT2D eigenvalue weighted by Gasteiger charge is 1.97. The SMILES string of the molecule is CCSc1ncc2ccccc2n1. The summed E-state index contributed by atoms with van der Waals surface area (Å²) in [5.41, 5.74) is 1.02. The molecule has 0 saturated heterocycles. The predicted molar refractivity (Wildman–Crippen MR) is 55.9 cm³/mol. The Kier molecular flexibility index (Phi) is 2.45. The van der Waals surface area contributed by atoms with Gasteiger partial charge in [-0.25, -0.2) is 9.97 Å². The zero-order chi connectivity index (χ0) is 9.10. The molecule has 0 aliphatic rings. The zero-order valence-electron chi connectivity index (χ0n) is 7.40. The third-order valence-electron chi connectivity index (χ3n) is 1.74. The number of aromatic nitrogens is 2. The smallest absolute Gasteiger partial charge is 0.188 e. The topological polar surface area (TPSA) is 25.8 Å². The van der Waals surface area contributed by atoms with Gasteiger partial charge in [0.15, 0.2) is 5.16 Å². The van der Waals surface area contributed by atoms with Crippen LogP contribution in [0, 0.1) is 0 Å². The van der Waals surface area contributed by atoms with E-state index in [4.69, 9.17) is 0 Å². The number of hydrogen-bond donors (Lipinski definition) is 0. The first-order valence-corrected chi connectivity index (χ1v) is 5.23. The number of thioether (sulfide) groups is 1. The van der Waals surface area contributed by atoms with Crippen LogP contribution in [0.5, 0.6) is 0 Å². The van der Waals surface area contributed by atoms with Crippen LogP contribution in [0.4, 0.5) is 0 Å². The van der Waals surface area contributed by atoms with Gasteiger partial charge < -0.3 is 0 Å². The Hall–Kier alpha value is -1.09. The Labute approximate surface area is 81.4 Å². The van der Waals surface area contributed by atoms with Crippen LogP contribution in [-0.4, -0.2) is 15.7 Å². The van der Waals surface area contributed by atoms with E-state index in [1.54, 1.807) is 11.8 Å². The molecule has 13 heavy (non-hydrogen) atoms. The molecule has 0 aliphatic heterocycles. The van der Waals surface area contributed by atoms with E-state index < -0.39 is 0 Å². The summed E-state index contributed by atoms with van der Waals surface area (Å²) in [6.07, 6.45) is 1.88. The molecule has 3 heteroatoms. The first kappa shape index (κ1) is 8.51. The fraction of sp³-hybridized carbons (Fsp3) is 0.200. The lowest BCUT2D eigenvalue weighted by Gasteiger charge is -1.98. The first-order valence-electron chi connectivity index (χ1n) is 4.24. The Morgan fingerprint density at radius 1 is 1.31 bits per heavy atom. The molecule has 66 valence electrons. The van der Waals surface area contributed by atoms with E-state index >= 15 is 0 Å². The maximum atomic E-state index is 4.42. The van der Waals surface area contributed by atoms with Crippen LogP contribution in [0.1, 0.15) is 6.92 Å². The molecule has 0 atom stereocenters. The van der Waals surface area contributed by atoms with Crippen molar-refractivity contribution in [2.24, 2.45) is 0 Å². The summed E-state index contributed by atoms with van der Waals surface area (Å²) in [5.74, 6) is 1.01. The van der Waals surface area contributed by atoms with Crippen molar-refractivity contribution in [1.29, 1.82) is 0 Å². The molecule has 2 nitrogen and oxygen atoms in total. The molecule has 0 bridgehead atoms. The minimum absolute atomic E-state index is 0.862. The third-order valence-corrected chi connectivity index (χ3v) is 2.48. The van der Waals surface area contributed by atoms with Crippen molar-refractivity contribution >= 4 is 22.7 Å². The minimum Gasteiger partial charge on any atom is -0.230 e. The van der Waals surface area contributed by atoms with Gasteiger partial charge in [0.25, 0.3) is 0 Å².